The van der Waals surface area contributed by atoms with Crippen LogP contribution in [-0.2, 0) is 11.3 Å². The largest absolute Gasteiger partial charge is 0.467 e. The van der Waals surface area contributed by atoms with Crippen LogP contribution in [0.2, 0.25) is 0 Å². The Morgan fingerprint density at radius 1 is 1.17 bits per heavy atom. The normalized spacial score (nSPS) is 14.3. The summed E-state index contributed by atoms with van der Waals surface area (Å²) in [7, 11) is 0. The van der Waals surface area contributed by atoms with Crippen LogP contribution in [0.1, 0.15) is 19.1 Å². The molecule has 3 heterocycles. The van der Waals surface area contributed by atoms with Crippen LogP contribution >= 0.6 is 24.0 Å². The Labute approximate surface area is 188 Å². The van der Waals surface area contributed by atoms with E-state index in [-0.39, 0.29) is 29.9 Å². The number of carbonyl (C=O) groups excluding carboxylic acids is 1. The summed E-state index contributed by atoms with van der Waals surface area (Å²) in [5.41, 5.74) is 0. The molecule has 0 unspecified atom stereocenters. The van der Waals surface area contributed by atoms with Crippen molar-refractivity contribution in [3.8, 4) is 0 Å². The van der Waals surface area contributed by atoms with E-state index in [1.54, 1.807) is 24.7 Å². The molecule has 2 N–H and O–H groups in total. The number of halogens is 1. The van der Waals surface area contributed by atoms with E-state index in [9.17, 15) is 4.79 Å². The van der Waals surface area contributed by atoms with Crippen LogP contribution in [-0.4, -0.2) is 66.0 Å². The first kappa shape index (κ1) is 22.9. The first-order valence-corrected chi connectivity index (χ1v) is 9.60. The first-order chi connectivity index (χ1) is 13.8. The van der Waals surface area contributed by atoms with Gasteiger partial charge in [-0.15, -0.1) is 24.0 Å². The zero-order valence-corrected chi connectivity index (χ0v) is 18.9. The highest BCUT2D eigenvalue weighted by atomic mass is 127. The van der Waals surface area contributed by atoms with Crippen LogP contribution in [0.3, 0.4) is 0 Å². The zero-order chi connectivity index (χ0) is 19.6. The molecule has 9 nitrogen and oxygen atoms in total. The fraction of sp³-hybridized carbons (Fsp3) is 0.474. The number of nitrogens with zero attached hydrogens (tertiary/aromatic N) is 5. The second-order valence-corrected chi connectivity index (χ2v) is 6.37. The molecule has 10 heteroatoms. The lowest BCUT2D eigenvalue weighted by atomic mass is 10.3. The predicted octanol–water partition coefficient (Wildman–Crippen LogP) is 1.48. The molecule has 158 valence electrons. The van der Waals surface area contributed by atoms with Gasteiger partial charge in [0.25, 0.3) is 0 Å². The van der Waals surface area contributed by atoms with Gasteiger partial charge in [0.05, 0.1) is 6.26 Å². The predicted molar refractivity (Wildman–Crippen MR) is 122 cm³/mol. The zero-order valence-electron chi connectivity index (χ0n) is 16.6. The summed E-state index contributed by atoms with van der Waals surface area (Å²) in [4.78, 5) is 29.5. The Bertz CT molecular complexity index is 747. The summed E-state index contributed by atoms with van der Waals surface area (Å²) in [5, 5.41) is 6.38. The Balaban J connectivity index is 0.00000300. The monoisotopic (exact) mass is 513 g/mol. The number of anilines is 1. The summed E-state index contributed by atoms with van der Waals surface area (Å²) in [5.74, 6) is 2.34. The Morgan fingerprint density at radius 3 is 2.59 bits per heavy atom. The maximum atomic E-state index is 12.5. The minimum Gasteiger partial charge on any atom is -0.467 e. The number of guanidine groups is 1. The number of aromatic nitrogens is 2. The van der Waals surface area contributed by atoms with Crippen molar-refractivity contribution in [2.24, 2.45) is 4.99 Å². The summed E-state index contributed by atoms with van der Waals surface area (Å²) in [6.45, 7) is 6.61. The van der Waals surface area contributed by atoms with Gasteiger partial charge in [-0.1, -0.05) is 0 Å². The van der Waals surface area contributed by atoms with E-state index in [0.717, 1.165) is 31.3 Å². The molecule has 1 amide bonds. The lowest BCUT2D eigenvalue weighted by Crippen LogP contribution is -2.50. The molecular weight excluding hydrogens is 485 g/mol. The molecule has 3 rings (SSSR count). The topological polar surface area (TPSA) is 98.9 Å². The summed E-state index contributed by atoms with van der Waals surface area (Å²) in [6, 6.07) is 5.53. The molecule has 0 radical (unpaired) electrons. The number of piperazine rings is 1. The molecule has 2 aromatic rings. The Morgan fingerprint density at radius 2 is 1.93 bits per heavy atom. The van der Waals surface area contributed by atoms with Crippen LogP contribution < -0.4 is 15.5 Å². The number of nitrogens with one attached hydrogen (secondary N) is 2. The van der Waals surface area contributed by atoms with E-state index in [4.69, 9.17) is 4.42 Å². The van der Waals surface area contributed by atoms with Gasteiger partial charge < -0.3 is 24.9 Å². The van der Waals surface area contributed by atoms with Crippen molar-refractivity contribution < 1.29 is 9.21 Å². The molecule has 1 fully saturated rings. The van der Waals surface area contributed by atoms with Crippen LogP contribution in [0.15, 0.2) is 46.3 Å². The number of carbonyl (C=O) groups is 1. The third-order valence-electron chi connectivity index (χ3n) is 4.42. The number of amides is 1. The van der Waals surface area contributed by atoms with Crippen molar-refractivity contribution in [3.05, 3.63) is 42.6 Å². The summed E-state index contributed by atoms with van der Waals surface area (Å²) in [6.07, 6.45) is 5.53. The van der Waals surface area contributed by atoms with Crippen LogP contribution in [0.5, 0.6) is 0 Å². The van der Waals surface area contributed by atoms with Gasteiger partial charge in [0.1, 0.15) is 12.3 Å². The third kappa shape index (κ3) is 7.18. The molecule has 1 saturated heterocycles. The fourth-order valence-electron chi connectivity index (χ4n) is 2.96. The van der Waals surface area contributed by atoms with E-state index in [0.29, 0.717) is 38.6 Å². The van der Waals surface area contributed by atoms with Crippen molar-refractivity contribution >= 4 is 41.8 Å². The van der Waals surface area contributed by atoms with Crippen molar-refractivity contribution in [3.63, 3.8) is 0 Å². The Kier molecular flexibility index (Phi) is 9.68. The molecule has 0 aliphatic carbocycles. The fourth-order valence-corrected chi connectivity index (χ4v) is 2.96. The highest BCUT2D eigenvalue weighted by Gasteiger charge is 2.22. The highest BCUT2D eigenvalue weighted by Crippen LogP contribution is 2.10. The maximum Gasteiger partial charge on any atom is 0.225 e. The lowest BCUT2D eigenvalue weighted by molar-refractivity contribution is -0.131. The smallest absolute Gasteiger partial charge is 0.225 e. The first-order valence-electron chi connectivity index (χ1n) is 9.60. The molecule has 0 atom stereocenters. The van der Waals surface area contributed by atoms with Gasteiger partial charge >= 0.3 is 0 Å². The van der Waals surface area contributed by atoms with Gasteiger partial charge in [-0.25, -0.2) is 15.0 Å². The second-order valence-electron chi connectivity index (χ2n) is 6.37. The third-order valence-corrected chi connectivity index (χ3v) is 4.42. The van der Waals surface area contributed by atoms with Gasteiger partial charge in [0.2, 0.25) is 11.9 Å². The Hall–Kier alpha value is -2.37. The molecule has 0 spiro atoms. The van der Waals surface area contributed by atoms with Gasteiger partial charge in [0.15, 0.2) is 5.96 Å². The van der Waals surface area contributed by atoms with Crippen molar-refractivity contribution in [1.29, 1.82) is 0 Å². The highest BCUT2D eigenvalue weighted by molar-refractivity contribution is 14.0. The minimum absolute atomic E-state index is 0. The molecule has 0 saturated carbocycles. The van der Waals surface area contributed by atoms with Crippen molar-refractivity contribution in [1.82, 2.24) is 25.5 Å². The molecule has 1 aliphatic rings. The van der Waals surface area contributed by atoms with Crippen LogP contribution in [0, 0.1) is 0 Å². The average Bonchev–Trinajstić information content (AvgIpc) is 3.26. The maximum absolute atomic E-state index is 12.5. The minimum atomic E-state index is 0. The van der Waals surface area contributed by atoms with Gasteiger partial charge in [-0.3, -0.25) is 4.79 Å². The quantitative estimate of drug-likeness (QED) is 0.329. The van der Waals surface area contributed by atoms with Gasteiger partial charge in [-0.05, 0) is 25.1 Å². The van der Waals surface area contributed by atoms with Crippen LogP contribution in [0.4, 0.5) is 5.95 Å². The molecule has 29 heavy (non-hydrogen) atoms. The van der Waals surface area contributed by atoms with E-state index in [1.807, 2.05) is 24.0 Å². The average molecular weight is 513 g/mol. The molecule has 0 aromatic carbocycles. The lowest BCUT2D eigenvalue weighted by Gasteiger charge is -2.34. The summed E-state index contributed by atoms with van der Waals surface area (Å²) < 4.78 is 5.29. The number of rotatable bonds is 7. The molecule has 0 bridgehead atoms. The molecule has 1 aliphatic heterocycles. The van der Waals surface area contributed by atoms with Gasteiger partial charge in [-0.2, -0.15) is 0 Å². The number of aliphatic imine (C=N–C) groups is 1. The molecular formula is C19H28IN7O2. The standard InChI is InChI=1S/C19H27N7O2.HI/c1-2-20-18(24-15-16-5-3-14-28-16)21-9-6-17(27)25-10-12-26(13-11-25)19-22-7-4-8-23-19;/h3-5,7-8,14H,2,6,9-13,15H2,1H3,(H2,20,21,24);1H. The number of furan rings is 1. The van der Waals surface area contributed by atoms with E-state index in [2.05, 4.69) is 30.5 Å². The van der Waals surface area contributed by atoms with E-state index >= 15 is 0 Å². The number of hydrogen-bond donors (Lipinski definition) is 2. The van der Waals surface area contributed by atoms with Crippen molar-refractivity contribution in [2.75, 3.05) is 44.2 Å². The SMILES string of the molecule is CCNC(=NCc1ccco1)NCCC(=O)N1CCN(c2ncccn2)CC1.I. The van der Waals surface area contributed by atoms with Gasteiger partial charge in [0, 0.05) is 58.1 Å². The van der Waals surface area contributed by atoms with E-state index in [1.165, 1.54) is 0 Å². The second kappa shape index (κ2) is 12.2. The number of hydrogen-bond acceptors (Lipinski definition) is 6. The summed E-state index contributed by atoms with van der Waals surface area (Å²) >= 11 is 0. The molecule has 2 aromatic heterocycles. The van der Waals surface area contributed by atoms with E-state index < -0.39 is 0 Å². The van der Waals surface area contributed by atoms with Crippen molar-refractivity contribution in [2.45, 2.75) is 19.9 Å². The van der Waals surface area contributed by atoms with Crippen LogP contribution in [0.25, 0.3) is 0 Å².